The predicted molar refractivity (Wildman–Crippen MR) is 60.6 cm³/mol. The number of carboxylic acids is 1. The van der Waals surface area contributed by atoms with Crippen LogP contribution in [0.5, 0.6) is 0 Å². The van der Waals surface area contributed by atoms with Crippen molar-refractivity contribution >= 4 is 59.2 Å². The molecule has 13 heteroatoms. The summed E-state index contributed by atoms with van der Waals surface area (Å²) in [4.78, 5) is 56.4. The van der Waals surface area contributed by atoms with Crippen LogP contribution >= 0.6 is 25.3 Å². The Bertz CT molecular complexity index is 294. The van der Waals surface area contributed by atoms with Crippen molar-refractivity contribution in [1.29, 1.82) is 0 Å². The van der Waals surface area contributed by atoms with E-state index < -0.39 is 33.9 Å². The van der Waals surface area contributed by atoms with Crippen LogP contribution in [0.25, 0.3) is 0 Å². The fourth-order valence-corrected chi connectivity index (χ4v) is 0. The van der Waals surface area contributed by atoms with Gasteiger partial charge in [-0.1, -0.05) is 25.3 Å². The van der Waals surface area contributed by atoms with Crippen molar-refractivity contribution in [3.63, 3.8) is 0 Å². The van der Waals surface area contributed by atoms with E-state index in [-0.39, 0.29) is 29.6 Å². The fraction of sp³-hybridized carbons (Fsp3) is 0. The molecule has 0 aliphatic carbocycles. The van der Waals surface area contributed by atoms with Crippen molar-refractivity contribution in [2.75, 3.05) is 0 Å². The normalized spacial score (nSPS) is 7.05. The minimum atomic E-state index is -1.85. The number of thiol groups is 2. The van der Waals surface area contributed by atoms with E-state index in [0.717, 1.165) is 0 Å². The van der Waals surface area contributed by atoms with Crippen LogP contribution in [0, 0.1) is 0 Å². The summed E-state index contributed by atoms with van der Waals surface area (Å²) in [7, 11) is 0. The van der Waals surface area contributed by atoms with Crippen molar-refractivity contribution in [3.8, 4) is 0 Å². The Morgan fingerprint density at radius 1 is 0.684 bits per heavy atom. The Labute approximate surface area is 139 Å². The monoisotopic (exact) mass is 321 g/mol. The molecule has 0 fully saturated rings. The van der Waals surface area contributed by atoms with E-state index in [2.05, 4.69) is 42.5 Å². The molecule has 0 rings (SSSR count). The van der Waals surface area contributed by atoms with Crippen LogP contribution in [-0.2, 0) is 28.8 Å². The maximum absolute atomic E-state index is 9.58. The standard InChI is InChI=1S/C2H4N2O2.C2H3NO3.C2H2O2S2.Na/c3-1(5)2(4)6;3-1(4)2(5)6;3-1(5)2(4)6;/h(H2,3,5)(H2,4,6);(H2,3,4)(H,5,6);(H,3,5)(H,4,6);/q;;;+1/p-1. The van der Waals surface area contributed by atoms with Crippen LogP contribution in [-0.4, -0.2) is 33.9 Å². The van der Waals surface area contributed by atoms with Gasteiger partial charge in [0.2, 0.25) is 0 Å². The van der Waals surface area contributed by atoms with Crippen molar-refractivity contribution in [1.82, 2.24) is 0 Å². The number of carboxylic acid groups (broad SMARTS) is 1. The molecule has 0 aromatic heterocycles. The van der Waals surface area contributed by atoms with Crippen LogP contribution in [0.3, 0.4) is 0 Å². The Kier molecular flexibility index (Phi) is 20.9. The number of hydrogen-bond donors (Lipinski definition) is 5. The van der Waals surface area contributed by atoms with Gasteiger partial charge in [0.25, 0.3) is 16.1 Å². The van der Waals surface area contributed by atoms with E-state index in [9.17, 15) is 24.0 Å². The van der Waals surface area contributed by atoms with Crippen molar-refractivity contribution < 1.29 is 63.4 Å². The van der Waals surface area contributed by atoms with Gasteiger partial charge < -0.3 is 27.1 Å². The molecule has 0 unspecified atom stereocenters. The Hall–Kier alpha value is -1.08. The first-order chi connectivity index (χ1) is 7.93. The van der Waals surface area contributed by atoms with Crippen LogP contribution in [0.1, 0.15) is 0 Å². The van der Waals surface area contributed by atoms with Crippen molar-refractivity contribution in [3.05, 3.63) is 0 Å². The van der Waals surface area contributed by atoms with Crippen LogP contribution in [0.15, 0.2) is 0 Å². The Morgan fingerprint density at radius 2 is 0.842 bits per heavy atom. The molecule has 0 aliphatic heterocycles. The smallest absolute Gasteiger partial charge is 0.540 e. The van der Waals surface area contributed by atoms with Gasteiger partial charge in [0, 0.05) is 0 Å². The number of primary amides is 3. The summed E-state index contributed by atoms with van der Waals surface area (Å²) in [6, 6.07) is 0. The molecule has 102 valence electrons. The first kappa shape index (κ1) is 26.5. The summed E-state index contributed by atoms with van der Waals surface area (Å²) in [6.07, 6.45) is 0. The number of carbonyl (C=O) groups excluding carboxylic acids is 6. The van der Waals surface area contributed by atoms with Gasteiger partial charge in [-0.3, -0.25) is 24.0 Å². The minimum absolute atomic E-state index is 0. The van der Waals surface area contributed by atoms with Gasteiger partial charge in [-0.15, -0.1) is 0 Å². The van der Waals surface area contributed by atoms with Crippen LogP contribution in [0.2, 0.25) is 0 Å². The van der Waals surface area contributed by atoms with E-state index in [1.807, 2.05) is 0 Å². The molecule has 0 radical (unpaired) electrons. The number of carbonyl (C=O) groups is 6. The Balaban J connectivity index is -0.0000000865. The molecule has 6 N–H and O–H groups in total. The summed E-state index contributed by atoms with van der Waals surface area (Å²) in [5.41, 5.74) is 12.8. The fourth-order valence-electron chi connectivity index (χ4n) is 0. The van der Waals surface area contributed by atoms with E-state index in [4.69, 9.17) is 9.90 Å². The maximum Gasteiger partial charge on any atom is 1.00 e. The molecule has 0 aliphatic rings. The zero-order valence-electron chi connectivity index (χ0n) is 9.48. The molecule has 0 saturated heterocycles. The minimum Gasteiger partial charge on any atom is -0.540 e. The zero-order valence-corrected chi connectivity index (χ0v) is 13.3. The molecule has 0 heterocycles. The second kappa shape index (κ2) is 15.0. The molecule has 3 amide bonds. The number of aliphatic carboxylic acids is 1. The summed E-state index contributed by atoms with van der Waals surface area (Å²) < 4.78 is 0. The summed E-state index contributed by atoms with van der Waals surface area (Å²) >= 11 is 6.26. The average molecular weight is 321 g/mol. The van der Waals surface area contributed by atoms with Crippen LogP contribution < -0.4 is 51.9 Å². The Morgan fingerprint density at radius 3 is 0.842 bits per heavy atom. The van der Waals surface area contributed by atoms with Gasteiger partial charge in [-0.25, -0.2) is 0 Å². The third-order valence-electron chi connectivity index (χ3n) is 0.627. The largest absolute Gasteiger partial charge is 1.00 e. The predicted octanol–water partition coefficient (Wildman–Crippen LogP) is -7.92. The first-order valence-electron chi connectivity index (χ1n) is 3.49. The van der Waals surface area contributed by atoms with Gasteiger partial charge in [-0.2, -0.15) is 0 Å². The van der Waals surface area contributed by atoms with E-state index >= 15 is 0 Å². The third kappa shape index (κ3) is 31.6. The average Bonchev–Trinajstić information content (AvgIpc) is 2.18. The number of nitrogens with two attached hydrogens (primary N) is 3. The molecule has 0 aromatic carbocycles. The van der Waals surface area contributed by atoms with E-state index in [0.29, 0.717) is 0 Å². The topological polar surface area (TPSA) is 204 Å². The van der Waals surface area contributed by atoms with Crippen molar-refractivity contribution in [2.45, 2.75) is 0 Å². The molecular weight excluding hydrogens is 313 g/mol. The maximum atomic E-state index is 9.58. The molecular formula is C6H8N3NaO7S2. The third-order valence-corrected chi connectivity index (χ3v) is 1.21. The molecule has 0 aromatic rings. The summed E-state index contributed by atoms with van der Waals surface area (Å²) in [5, 5.41) is 7.47. The van der Waals surface area contributed by atoms with Gasteiger partial charge in [0.15, 0.2) is 0 Å². The molecule has 19 heavy (non-hydrogen) atoms. The zero-order chi connectivity index (χ0) is 15.5. The quantitative estimate of drug-likeness (QED) is 0.179. The second-order valence-corrected chi connectivity index (χ2v) is 2.80. The molecule has 0 atom stereocenters. The SMILES string of the molecule is NC(=O)C(=O)[O-].NC(=O)C(N)=O.O=C(S)C(=O)S.[Na+]. The summed E-state index contributed by atoms with van der Waals surface area (Å²) in [5.74, 6) is -5.49. The van der Waals surface area contributed by atoms with Gasteiger partial charge in [0.05, 0.1) is 0 Å². The number of rotatable bonds is 1. The molecule has 10 nitrogen and oxygen atoms in total. The molecule has 0 spiro atoms. The molecule has 0 saturated carbocycles. The van der Waals surface area contributed by atoms with Crippen molar-refractivity contribution in [2.24, 2.45) is 17.2 Å². The van der Waals surface area contributed by atoms with E-state index in [1.165, 1.54) is 0 Å². The summed E-state index contributed by atoms with van der Waals surface area (Å²) in [6.45, 7) is 0. The van der Waals surface area contributed by atoms with Gasteiger partial charge in [-0.05, 0) is 0 Å². The van der Waals surface area contributed by atoms with Crippen LogP contribution in [0.4, 0.5) is 0 Å². The number of hydrogen-bond acceptors (Lipinski definition) is 7. The first-order valence-corrected chi connectivity index (χ1v) is 4.39. The molecule has 0 bridgehead atoms. The van der Waals surface area contributed by atoms with Gasteiger partial charge >= 0.3 is 41.4 Å². The van der Waals surface area contributed by atoms with Gasteiger partial charge in [0.1, 0.15) is 5.97 Å². The number of amides is 3. The second-order valence-electron chi connectivity index (χ2n) is 1.99. The van der Waals surface area contributed by atoms with E-state index in [1.54, 1.807) is 0 Å².